The molecule has 0 radical (unpaired) electrons. The molecular weight excluding hydrogens is 200 g/mol. The Kier molecular flexibility index (Phi) is 3.22. The molecule has 0 saturated carbocycles. The van der Waals surface area contributed by atoms with Gasteiger partial charge in [-0.05, 0) is 12.5 Å². The lowest BCUT2D eigenvalue weighted by Crippen LogP contribution is -2.26. The maximum Gasteiger partial charge on any atom is 0.0822 e. The quantitative estimate of drug-likeness (QED) is 0.712. The van der Waals surface area contributed by atoms with Crippen molar-refractivity contribution in [2.45, 2.75) is 6.42 Å². The molecule has 0 bridgehead atoms. The summed E-state index contributed by atoms with van der Waals surface area (Å²) in [6, 6.07) is 1.95. The van der Waals surface area contributed by atoms with E-state index in [1.54, 1.807) is 12.4 Å². The summed E-state index contributed by atoms with van der Waals surface area (Å²) in [5.41, 5.74) is 1.06. The molecule has 2 heterocycles. The third kappa shape index (κ3) is 2.16. The van der Waals surface area contributed by atoms with Crippen LogP contribution in [-0.4, -0.2) is 31.3 Å². The molecule has 76 valence electrons. The molecule has 0 spiro atoms. The van der Waals surface area contributed by atoms with Gasteiger partial charge in [-0.25, -0.2) is 0 Å². The maximum atomic E-state index is 6.07. The zero-order valence-corrected chi connectivity index (χ0v) is 8.70. The molecule has 0 aliphatic carbocycles. The number of hydrogen-bond donors (Lipinski definition) is 0. The molecular formula is C10H13ClN2O. The van der Waals surface area contributed by atoms with E-state index >= 15 is 0 Å². The largest absolute Gasteiger partial charge is 0.380 e. The molecule has 0 aromatic carbocycles. The predicted octanol–water partition coefficient (Wildman–Crippen LogP) is 1.96. The predicted molar refractivity (Wildman–Crippen MR) is 56.9 cm³/mol. The van der Waals surface area contributed by atoms with Crippen molar-refractivity contribution in [3.8, 4) is 0 Å². The molecule has 4 heteroatoms. The smallest absolute Gasteiger partial charge is 0.0822 e. The summed E-state index contributed by atoms with van der Waals surface area (Å²) in [6.07, 6.45) is 4.51. The van der Waals surface area contributed by atoms with Gasteiger partial charge in [-0.15, -0.1) is 0 Å². The fourth-order valence-corrected chi connectivity index (χ4v) is 1.85. The highest BCUT2D eigenvalue weighted by atomic mass is 35.5. The molecule has 0 atom stereocenters. The van der Waals surface area contributed by atoms with Crippen LogP contribution in [0.2, 0.25) is 5.02 Å². The number of nitrogens with zero attached hydrogens (tertiary/aromatic N) is 2. The number of hydrogen-bond acceptors (Lipinski definition) is 3. The summed E-state index contributed by atoms with van der Waals surface area (Å²) in [7, 11) is 0. The first-order valence-electron chi connectivity index (χ1n) is 4.80. The average molecular weight is 213 g/mol. The second-order valence-corrected chi connectivity index (χ2v) is 3.69. The number of pyridine rings is 1. The van der Waals surface area contributed by atoms with Gasteiger partial charge < -0.3 is 9.64 Å². The third-order valence-electron chi connectivity index (χ3n) is 2.31. The van der Waals surface area contributed by atoms with Gasteiger partial charge in [0.15, 0.2) is 0 Å². The highest BCUT2D eigenvalue weighted by Crippen LogP contribution is 2.24. The highest BCUT2D eigenvalue weighted by Gasteiger charge is 2.12. The van der Waals surface area contributed by atoms with E-state index in [4.69, 9.17) is 16.3 Å². The summed E-state index contributed by atoms with van der Waals surface area (Å²) in [5, 5.41) is 0.717. The van der Waals surface area contributed by atoms with Gasteiger partial charge in [-0.1, -0.05) is 11.6 Å². The molecule has 1 aromatic rings. The van der Waals surface area contributed by atoms with Crippen LogP contribution >= 0.6 is 11.6 Å². The van der Waals surface area contributed by atoms with Crippen molar-refractivity contribution in [3.63, 3.8) is 0 Å². The first-order chi connectivity index (χ1) is 6.88. The Morgan fingerprint density at radius 3 is 3.14 bits per heavy atom. The Labute approximate surface area is 88.6 Å². The summed E-state index contributed by atoms with van der Waals surface area (Å²) in [5.74, 6) is 0. The van der Waals surface area contributed by atoms with Gasteiger partial charge >= 0.3 is 0 Å². The first-order valence-corrected chi connectivity index (χ1v) is 5.18. The number of rotatable bonds is 1. The van der Waals surface area contributed by atoms with Crippen molar-refractivity contribution in [1.29, 1.82) is 0 Å². The lowest BCUT2D eigenvalue weighted by atomic mass is 10.3. The fraction of sp³-hybridized carbons (Fsp3) is 0.500. The summed E-state index contributed by atoms with van der Waals surface area (Å²) >= 11 is 6.07. The van der Waals surface area contributed by atoms with E-state index in [9.17, 15) is 0 Å². The second kappa shape index (κ2) is 4.62. The topological polar surface area (TPSA) is 25.4 Å². The van der Waals surface area contributed by atoms with Crippen molar-refractivity contribution >= 4 is 17.3 Å². The van der Waals surface area contributed by atoms with Crippen LogP contribution in [0, 0.1) is 0 Å². The van der Waals surface area contributed by atoms with Crippen LogP contribution in [-0.2, 0) is 4.74 Å². The van der Waals surface area contributed by atoms with Gasteiger partial charge in [0.25, 0.3) is 0 Å². The second-order valence-electron chi connectivity index (χ2n) is 3.28. The molecule has 3 nitrogen and oxygen atoms in total. The van der Waals surface area contributed by atoms with E-state index in [2.05, 4.69) is 9.88 Å². The Morgan fingerprint density at radius 1 is 1.36 bits per heavy atom. The molecule has 1 fully saturated rings. The third-order valence-corrected chi connectivity index (χ3v) is 2.61. The molecule has 0 unspecified atom stereocenters. The van der Waals surface area contributed by atoms with Gasteiger partial charge in [0, 0.05) is 32.1 Å². The van der Waals surface area contributed by atoms with Gasteiger partial charge in [-0.3, -0.25) is 4.98 Å². The van der Waals surface area contributed by atoms with Crippen molar-refractivity contribution in [1.82, 2.24) is 4.98 Å². The zero-order valence-electron chi connectivity index (χ0n) is 7.95. The maximum absolute atomic E-state index is 6.07. The molecule has 0 amide bonds. The van der Waals surface area contributed by atoms with E-state index in [1.165, 1.54) is 0 Å². The van der Waals surface area contributed by atoms with Crippen molar-refractivity contribution < 1.29 is 4.74 Å². The molecule has 1 aromatic heterocycles. The normalized spacial score (nSPS) is 17.9. The van der Waals surface area contributed by atoms with Gasteiger partial charge in [0.1, 0.15) is 0 Å². The number of ether oxygens (including phenoxy) is 1. The van der Waals surface area contributed by atoms with E-state index in [1.807, 2.05) is 6.07 Å². The summed E-state index contributed by atoms with van der Waals surface area (Å²) in [6.45, 7) is 3.53. The standard InChI is InChI=1S/C10H13ClN2O/c11-9-8-12-3-2-10(9)13-4-1-6-14-7-5-13/h2-3,8H,1,4-7H2. The lowest BCUT2D eigenvalue weighted by Gasteiger charge is -2.22. The monoisotopic (exact) mass is 212 g/mol. The molecule has 1 saturated heterocycles. The zero-order chi connectivity index (χ0) is 9.80. The van der Waals surface area contributed by atoms with Gasteiger partial charge in [-0.2, -0.15) is 0 Å². The molecule has 1 aliphatic heterocycles. The van der Waals surface area contributed by atoms with Crippen LogP contribution in [0.1, 0.15) is 6.42 Å². The van der Waals surface area contributed by atoms with Crippen molar-refractivity contribution in [3.05, 3.63) is 23.5 Å². The Balaban J connectivity index is 2.16. The Bertz CT molecular complexity index is 298. The van der Waals surface area contributed by atoms with Crippen LogP contribution < -0.4 is 4.90 Å². The average Bonchev–Trinajstić information content (AvgIpc) is 2.47. The highest BCUT2D eigenvalue weighted by molar-refractivity contribution is 6.33. The molecule has 2 rings (SSSR count). The van der Waals surface area contributed by atoms with Crippen LogP contribution in [0.5, 0.6) is 0 Å². The Morgan fingerprint density at radius 2 is 2.29 bits per heavy atom. The van der Waals surface area contributed by atoms with E-state index in [0.717, 1.165) is 43.4 Å². The number of aromatic nitrogens is 1. The minimum absolute atomic E-state index is 0.717. The molecule has 1 aliphatic rings. The Hall–Kier alpha value is -0.800. The number of halogens is 1. The van der Waals surface area contributed by atoms with Gasteiger partial charge in [0.2, 0.25) is 0 Å². The van der Waals surface area contributed by atoms with Crippen molar-refractivity contribution in [2.75, 3.05) is 31.2 Å². The van der Waals surface area contributed by atoms with E-state index < -0.39 is 0 Å². The number of anilines is 1. The molecule has 14 heavy (non-hydrogen) atoms. The van der Waals surface area contributed by atoms with E-state index in [-0.39, 0.29) is 0 Å². The van der Waals surface area contributed by atoms with Crippen LogP contribution in [0.25, 0.3) is 0 Å². The summed E-state index contributed by atoms with van der Waals surface area (Å²) in [4.78, 5) is 6.22. The van der Waals surface area contributed by atoms with Gasteiger partial charge in [0.05, 0.1) is 17.3 Å². The van der Waals surface area contributed by atoms with Crippen LogP contribution in [0.3, 0.4) is 0 Å². The summed E-state index contributed by atoms with van der Waals surface area (Å²) < 4.78 is 5.39. The SMILES string of the molecule is Clc1cnccc1N1CCCOCC1. The van der Waals surface area contributed by atoms with Crippen molar-refractivity contribution in [2.24, 2.45) is 0 Å². The van der Waals surface area contributed by atoms with Crippen LogP contribution in [0.15, 0.2) is 18.5 Å². The minimum Gasteiger partial charge on any atom is -0.380 e. The fourth-order valence-electron chi connectivity index (χ4n) is 1.61. The first kappa shape index (κ1) is 9.74. The van der Waals surface area contributed by atoms with Crippen LogP contribution in [0.4, 0.5) is 5.69 Å². The lowest BCUT2D eigenvalue weighted by molar-refractivity contribution is 0.152. The van der Waals surface area contributed by atoms with E-state index in [0.29, 0.717) is 0 Å². The minimum atomic E-state index is 0.717. The molecule has 0 N–H and O–H groups in total.